The Balaban J connectivity index is 1.30. The molecule has 9 rings (SSSR count). The number of fused-ring (bicyclic) bond motifs is 9. The first-order valence-corrected chi connectivity index (χ1v) is 15.0. The average Bonchev–Trinajstić information content (AvgIpc) is 3.40. The molecule has 6 aromatic carbocycles. The third kappa shape index (κ3) is 3.44. The van der Waals surface area contributed by atoms with Crippen LogP contribution in [0.3, 0.4) is 0 Å². The number of anilines is 3. The van der Waals surface area contributed by atoms with Gasteiger partial charge in [-0.2, -0.15) is 0 Å². The zero-order valence-corrected chi connectivity index (χ0v) is 23.9. The van der Waals surface area contributed by atoms with Crippen LogP contribution < -0.4 is 4.90 Å². The minimum Gasteiger partial charge on any atom is -0.310 e. The Kier molecular flexibility index (Phi) is 5.41. The standard InChI is InChI=1S/C41H27N3/c1-3-13-28(14-4-1)29-23-25-30(26-24-29)40-42-27-33-32-17-7-8-18-34(32)41(39(33)43-40)35-19-9-11-21-37(35)44(31-15-5-2-6-16-31)38-22-12-10-20-36(38)41/h1-27H. The van der Waals surface area contributed by atoms with E-state index in [9.17, 15) is 0 Å². The van der Waals surface area contributed by atoms with Crippen LogP contribution in [-0.2, 0) is 5.41 Å². The fraction of sp³-hybridized carbons (Fsp3) is 0.0244. The van der Waals surface area contributed by atoms with Gasteiger partial charge >= 0.3 is 0 Å². The Hall–Kier alpha value is -5.80. The molecular formula is C41H27N3. The summed E-state index contributed by atoms with van der Waals surface area (Å²) in [5.74, 6) is 0.732. The summed E-state index contributed by atoms with van der Waals surface area (Å²) < 4.78 is 0. The minimum absolute atomic E-state index is 0.591. The van der Waals surface area contributed by atoms with Crippen molar-refractivity contribution in [3.05, 3.63) is 186 Å². The van der Waals surface area contributed by atoms with Crippen molar-refractivity contribution in [1.82, 2.24) is 9.97 Å². The van der Waals surface area contributed by atoms with Crippen LogP contribution >= 0.6 is 0 Å². The number of aromatic nitrogens is 2. The van der Waals surface area contributed by atoms with Gasteiger partial charge in [0.25, 0.3) is 0 Å². The summed E-state index contributed by atoms with van der Waals surface area (Å²) >= 11 is 0. The lowest BCUT2D eigenvalue weighted by Gasteiger charge is -2.44. The van der Waals surface area contributed by atoms with E-state index in [4.69, 9.17) is 9.97 Å². The highest BCUT2D eigenvalue weighted by Gasteiger charge is 2.53. The summed E-state index contributed by atoms with van der Waals surface area (Å²) in [4.78, 5) is 12.8. The Bertz CT molecular complexity index is 2120. The molecule has 3 nitrogen and oxygen atoms in total. The third-order valence-corrected chi connectivity index (χ3v) is 9.13. The lowest BCUT2D eigenvalue weighted by atomic mass is 9.66. The smallest absolute Gasteiger partial charge is 0.159 e. The first kappa shape index (κ1) is 24.8. The monoisotopic (exact) mass is 561 g/mol. The van der Waals surface area contributed by atoms with Gasteiger partial charge in [0.1, 0.15) is 0 Å². The maximum absolute atomic E-state index is 5.48. The highest BCUT2D eigenvalue weighted by molar-refractivity contribution is 5.95. The van der Waals surface area contributed by atoms with Crippen LogP contribution in [0, 0.1) is 0 Å². The lowest BCUT2D eigenvalue weighted by molar-refractivity contribution is 0.723. The maximum atomic E-state index is 5.48. The number of hydrogen-bond donors (Lipinski definition) is 0. The van der Waals surface area contributed by atoms with Crippen molar-refractivity contribution < 1.29 is 0 Å². The fourth-order valence-electron chi connectivity index (χ4n) is 7.27. The Morgan fingerprint density at radius 1 is 0.432 bits per heavy atom. The molecule has 1 spiro atoms. The van der Waals surface area contributed by atoms with Crippen molar-refractivity contribution in [3.63, 3.8) is 0 Å². The zero-order chi connectivity index (χ0) is 29.1. The predicted molar refractivity (Wildman–Crippen MR) is 178 cm³/mol. The summed E-state index contributed by atoms with van der Waals surface area (Å²) in [7, 11) is 0. The first-order valence-electron chi connectivity index (χ1n) is 15.0. The number of benzene rings is 6. The second kappa shape index (κ2) is 9.62. The molecule has 0 saturated carbocycles. The Morgan fingerprint density at radius 3 is 1.64 bits per heavy atom. The van der Waals surface area contributed by atoms with Crippen LogP contribution in [-0.4, -0.2) is 9.97 Å². The molecule has 0 saturated heterocycles. The highest BCUT2D eigenvalue weighted by atomic mass is 15.2. The van der Waals surface area contributed by atoms with E-state index in [-0.39, 0.29) is 0 Å². The van der Waals surface area contributed by atoms with Crippen LogP contribution in [0.4, 0.5) is 17.1 Å². The first-order chi connectivity index (χ1) is 21.8. The SMILES string of the molecule is c1ccc(-c2ccc(-c3ncc4c(n3)C3(c5ccccc5-4)c4ccccc4N(c4ccccc4)c4ccccc43)cc2)cc1. The van der Waals surface area contributed by atoms with Crippen molar-refractivity contribution in [2.24, 2.45) is 0 Å². The van der Waals surface area contributed by atoms with Gasteiger partial charge in [-0.1, -0.05) is 133 Å². The molecular weight excluding hydrogens is 534 g/mol. The van der Waals surface area contributed by atoms with Crippen molar-refractivity contribution in [2.45, 2.75) is 5.41 Å². The summed E-state index contributed by atoms with van der Waals surface area (Å²) in [5, 5.41) is 0. The van der Waals surface area contributed by atoms with Crippen LogP contribution in [0.15, 0.2) is 164 Å². The van der Waals surface area contributed by atoms with Crippen LogP contribution in [0.1, 0.15) is 22.4 Å². The quantitative estimate of drug-likeness (QED) is 0.215. The summed E-state index contributed by atoms with van der Waals surface area (Å²) in [6.45, 7) is 0. The zero-order valence-electron chi connectivity index (χ0n) is 23.9. The van der Waals surface area contributed by atoms with E-state index in [1.54, 1.807) is 0 Å². The third-order valence-electron chi connectivity index (χ3n) is 9.13. The average molecular weight is 562 g/mol. The van der Waals surface area contributed by atoms with Crippen molar-refractivity contribution >= 4 is 17.1 Å². The van der Waals surface area contributed by atoms with Gasteiger partial charge in [0.05, 0.1) is 22.5 Å². The normalized spacial score (nSPS) is 13.6. The summed E-state index contributed by atoms with van der Waals surface area (Å²) in [5.41, 5.74) is 13.2. The lowest BCUT2D eigenvalue weighted by Crippen LogP contribution is -2.36. The van der Waals surface area contributed by atoms with E-state index in [1.807, 2.05) is 12.3 Å². The van der Waals surface area contributed by atoms with Gasteiger partial charge in [-0.15, -0.1) is 0 Å². The van der Waals surface area contributed by atoms with Crippen molar-refractivity contribution in [2.75, 3.05) is 4.90 Å². The van der Waals surface area contributed by atoms with Gasteiger partial charge in [0, 0.05) is 23.0 Å². The molecule has 0 atom stereocenters. The number of rotatable bonds is 3. The molecule has 7 aromatic rings. The number of nitrogens with zero attached hydrogens (tertiary/aromatic N) is 3. The molecule has 1 aliphatic carbocycles. The van der Waals surface area contributed by atoms with E-state index < -0.39 is 5.41 Å². The molecule has 0 fully saturated rings. The molecule has 1 aromatic heterocycles. The predicted octanol–water partition coefficient (Wildman–Crippen LogP) is 9.96. The van der Waals surface area contributed by atoms with Gasteiger partial charge in [-0.3, -0.25) is 0 Å². The summed E-state index contributed by atoms with van der Waals surface area (Å²) in [6, 6.07) is 56.1. The van der Waals surface area contributed by atoms with Gasteiger partial charge in [0.15, 0.2) is 5.82 Å². The van der Waals surface area contributed by atoms with E-state index in [2.05, 4.69) is 157 Å². The molecule has 0 amide bonds. The van der Waals surface area contributed by atoms with Crippen LogP contribution in [0.2, 0.25) is 0 Å². The molecule has 1 aliphatic heterocycles. The van der Waals surface area contributed by atoms with Crippen molar-refractivity contribution in [1.29, 1.82) is 0 Å². The molecule has 0 radical (unpaired) electrons. The van der Waals surface area contributed by atoms with Gasteiger partial charge in [0.2, 0.25) is 0 Å². The molecule has 0 unspecified atom stereocenters. The van der Waals surface area contributed by atoms with E-state index >= 15 is 0 Å². The van der Waals surface area contributed by atoms with Crippen LogP contribution in [0.25, 0.3) is 33.6 Å². The molecule has 206 valence electrons. The number of para-hydroxylation sites is 3. The van der Waals surface area contributed by atoms with Crippen molar-refractivity contribution in [3.8, 4) is 33.6 Å². The van der Waals surface area contributed by atoms with Gasteiger partial charge in [-0.25, -0.2) is 9.97 Å². The molecule has 2 heterocycles. The second-order valence-electron chi connectivity index (χ2n) is 11.4. The van der Waals surface area contributed by atoms with E-state index in [0.717, 1.165) is 39.7 Å². The van der Waals surface area contributed by atoms with E-state index in [0.29, 0.717) is 0 Å². The summed E-state index contributed by atoms with van der Waals surface area (Å²) in [6.07, 6.45) is 2.03. The molecule has 0 bridgehead atoms. The second-order valence-corrected chi connectivity index (χ2v) is 11.4. The maximum Gasteiger partial charge on any atom is 0.159 e. The largest absolute Gasteiger partial charge is 0.310 e. The fourth-order valence-corrected chi connectivity index (χ4v) is 7.27. The highest BCUT2D eigenvalue weighted by Crippen LogP contribution is 2.62. The Morgan fingerprint density at radius 2 is 0.955 bits per heavy atom. The topological polar surface area (TPSA) is 29.0 Å². The van der Waals surface area contributed by atoms with Gasteiger partial charge in [-0.05, 0) is 57.6 Å². The van der Waals surface area contributed by atoms with Crippen LogP contribution in [0.5, 0.6) is 0 Å². The Labute approximate surface area is 256 Å². The molecule has 2 aliphatic rings. The van der Waals surface area contributed by atoms with Gasteiger partial charge < -0.3 is 4.90 Å². The number of hydrogen-bond acceptors (Lipinski definition) is 3. The minimum atomic E-state index is -0.591. The molecule has 44 heavy (non-hydrogen) atoms. The molecule has 0 N–H and O–H groups in total. The molecule has 3 heteroatoms. The van der Waals surface area contributed by atoms with E-state index in [1.165, 1.54) is 33.4 Å².